The molecule has 0 aliphatic heterocycles. The zero-order chi connectivity index (χ0) is 21.6. The Labute approximate surface area is 178 Å². The Balaban J connectivity index is 1.76. The number of thiophene rings is 1. The largest absolute Gasteiger partial charge is 0.480 e. The maximum Gasteiger partial charge on any atom is 0.322 e. The van der Waals surface area contributed by atoms with Gasteiger partial charge in [-0.15, -0.1) is 11.3 Å². The van der Waals surface area contributed by atoms with E-state index in [-0.39, 0.29) is 4.90 Å². The fourth-order valence-electron chi connectivity index (χ4n) is 3.37. The van der Waals surface area contributed by atoms with Crippen molar-refractivity contribution in [3.05, 3.63) is 53.4 Å². The summed E-state index contributed by atoms with van der Waals surface area (Å²) >= 11 is 1.67. The van der Waals surface area contributed by atoms with Crippen LogP contribution in [0.15, 0.2) is 57.2 Å². The number of hydrogen-bond acceptors (Lipinski definition) is 5. The summed E-state index contributed by atoms with van der Waals surface area (Å²) in [5.74, 6) is -1.61. The average molecular weight is 444 g/mol. The summed E-state index contributed by atoms with van der Waals surface area (Å²) in [7, 11) is -4.02. The molecule has 0 aliphatic rings. The van der Waals surface area contributed by atoms with Gasteiger partial charge in [0.25, 0.3) is 0 Å². The van der Waals surface area contributed by atoms with Gasteiger partial charge < -0.3 is 9.52 Å². The molecule has 0 fully saturated rings. The molecule has 0 saturated heterocycles. The number of hydrogen-bond donors (Lipinski definition) is 2. The van der Waals surface area contributed by atoms with Gasteiger partial charge in [0.05, 0.1) is 4.90 Å². The Kier molecular flexibility index (Phi) is 5.17. The van der Waals surface area contributed by atoms with Gasteiger partial charge in [-0.05, 0) is 65.7 Å². The van der Waals surface area contributed by atoms with E-state index in [9.17, 15) is 18.3 Å². The Morgan fingerprint density at radius 3 is 2.47 bits per heavy atom. The van der Waals surface area contributed by atoms with Crippen molar-refractivity contribution in [1.29, 1.82) is 0 Å². The third-order valence-electron chi connectivity index (χ3n) is 4.98. The summed E-state index contributed by atoms with van der Waals surface area (Å²) in [6.45, 7) is 5.35. The minimum Gasteiger partial charge on any atom is -0.480 e. The molecule has 0 spiro atoms. The highest BCUT2D eigenvalue weighted by molar-refractivity contribution is 7.89. The second kappa shape index (κ2) is 7.54. The van der Waals surface area contributed by atoms with Crippen LogP contribution in [0.3, 0.4) is 0 Å². The first-order valence-electron chi connectivity index (χ1n) is 9.42. The predicted octanol–water partition coefficient (Wildman–Crippen LogP) is 5.01. The number of benzene rings is 2. The third kappa shape index (κ3) is 3.74. The predicted molar refractivity (Wildman–Crippen MR) is 118 cm³/mol. The highest BCUT2D eigenvalue weighted by Gasteiger charge is 2.28. The van der Waals surface area contributed by atoms with E-state index in [1.807, 2.05) is 18.2 Å². The fraction of sp³-hybridized carbons (Fsp3) is 0.227. The zero-order valence-corrected chi connectivity index (χ0v) is 18.3. The molecule has 6 nitrogen and oxygen atoms in total. The van der Waals surface area contributed by atoms with Gasteiger partial charge in [0.15, 0.2) is 0 Å². The quantitative estimate of drug-likeness (QED) is 0.437. The van der Waals surface area contributed by atoms with Gasteiger partial charge in [-0.3, -0.25) is 4.79 Å². The number of aryl methyl sites for hydroxylation is 1. The molecule has 4 rings (SSSR count). The van der Waals surface area contributed by atoms with Crippen LogP contribution in [0.2, 0.25) is 0 Å². The van der Waals surface area contributed by atoms with Crippen LogP contribution in [0.25, 0.3) is 32.4 Å². The standard InChI is InChI=1S/C22H21NO5S2/c1-12(2)21(22(24)25)23-30(26,27)15-5-6-16-17-9-14(20-8-13(3)11-29-20)4-7-18(17)28-19(16)10-15/h4-12,21,23H,1-3H3,(H,24,25)/t21-/m0/s1. The lowest BCUT2D eigenvalue weighted by Gasteiger charge is -2.17. The van der Waals surface area contributed by atoms with E-state index < -0.39 is 28.0 Å². The summed E-state index contributed by atoms with van der Waals surface area (Å²) < 4.78 is 33.6. The minimum atomic E-state index is -4.02. The number of carboxylic acid groups (broad SMARTS) is 1. The van der Waals surface area contributed by atoms with Crippen LogP contribution in [-0.2, 0) is 14.8 Å². The van der Waals surface area contributed by atoms with Gasteiger partial charge in [-0.2, -0.15) is 4.72 Å². The number of sulfonamides is 1. The molecule has 30 heavy (non-hydrogen) atoms. The number of carbonyl (C=O) groups is 1. The van der Waals surface area contributed by atoms with Gasteiger partial charge in [-0.25, -0.2) is 8.42 Å². The first kappa shape index (κ1) is 20.6. The lowest BCUT2D eigenvalue weighted by Crippen LogP contribution is -2.44. The van der Waals surface area contributed by atoms with Crippen molar-refractivity contribution in [3.8, 4) is 10.4 Å². The smallest absolute Gasteiger partial charge is 0.322 e. The van der Waals surface area contributed by atoms with Crippen LogP contribution in [0.1, 0.15) is 19.4 Å². The highest BCUT2D eigenvalue weighted by atomic mass is 32.2. The molecule has 4 aromatic rings. The monoisotopic (exact) mass is 443 g/mol. The van der Waals surface area contributed by atoms with E-state index in [2.05, 4.69) is 23.1 Å². The van der Waals surface area contributed by atoms with Crippen molar-refractivity contribution >= 4 is 49.3 Å². The highest BCUT2D eigenvalue weighted by Crippen LogP contribution is 2.35. The van der Waals surface area contributed by atoms with Crippen LogP contribution in [0.5, 0.6) is 0 Å². The number of furan rings is 1. The van der Waals surface area contributed by atoms with Crippen molar-refractivity contribution < 1.29 is 22.7 Å². The van der Waals surface area contributed by atoms with Crippen molar-refractivity contribution in [3.63, 3.8) is 0 Å². The molecule has 1 atom stereocenters. The van der Waals surface area contributed by atoms with Crippen LogP contribution >= 0.6 is 11.3 Å². The van der Waals surface area contributed by atoms with Crippen molar-refractivity contribution in [2.24, 2.45) is 5.92 Å². The molecule has 2 heterocycles. The molecule has 2 aromatic carbocycles. The van der Waals surface area contributed by atoms with Crippen molar-refractivity contribution in [1.82, 2.24) is 4.72 Å². The average Bonchev–Trinajstić information content (AvgIpc) is 3.28. The summed E-state index contributed by atoms with van der Waals surface area (Å²) in [5.41, 5.74) is 3.37. The first-order valence-corrected chi connectivity index (χ1v) is 11.8. The maximum atomic E-state index is 12.7. The molecule has 0 bridgehead atoms. The lowest BCUT2D eigenvalue weighted by molar-refractivity contribution is -0.140. The molecule has 2 aromatic heterocycles. The van der Waals surface area contributed by atoms with Gasteiger partial charge in [0, 0.05) is 21.7 Å². The molecular formula is C22H21NO5S2. The zero-order valence-electron chi connectivity index (χ0n) is 16.7. The molecule has 0 aliphatic carbocycles. The van der Waals surface area contributed by atoms with E-state index in [0.29, 0.717) is 11.2 Å². The molecule has 0 amide bonds. The van der Waals surface area contributed by atoms with Crippen LogP contribution < -0.4 is 4.72 Å². The lowest BCUT2D eigenvalue weighted by atomic mass is 10.1. The van der Waals surface area contributed by atoms with E-state index in [1.54, 1.807) is 31.3 Å². The van der Waals surface area contributed by atoms with E-state index >= 15 is 0 Å². The SMILES string of the molecule is Cc1csc(-c2ccc3oc4cc(S(=O)(=O)N[C@H](C(=O)O)C(C)C)ccc4c3c2)c1. The Hall–Kier alpha value is -2.68. The number of carboxylic acids is 1. The second-order valence-electron chi connectivity index (χ2n) is 7.64. The van der Waals surface area contributed by atoms with E-state index in [1.165, 1.54) is 17.7 Å². The van der Waals surface area contributed by atoms with Crippen molar-refractivity contribution in [2.75, 3.05) is 0 Å². The molecule has 156 valence electrons. The molecular weight excluding hydrogens is 422 g/mol. The second-order valence-corrected chi connectivity index (χ2v) is 10.3. The summed E-state index contributed by atoms with van der Waals surface area (Å²) in [5, 5.41) is 13.1. The third-order valence-corrected chi connectivity index (χ3v) is 7.52. The van der Waals surface area contributed by atoms with Crippen molar-refractivity contribution in [2.45, 2.75) is 31.7 Å². The van der Waals surface area contributed by atoms with Gasteiger partial charge in [-0.1, -0.05) is 13.8 Å². The normalized spacial score (nSPS) is 13.3. The summed E-state index contributed by atoms with van der Waals surface area (Å²) in [6.07, 6.45) is 0. The number of nitrogens with one attached hydrogen (secondary N) is 1. The topological polar surface area (TPSA) is 96.6 Å². The molecule has 8 heteroatoms. The first-order chi connectivity index (χ1) is 14.2. The number of fused-ring (bicyclic) bond motifs is 3. The Bertz CT molecular complexity index is 1360. The molecule has 0 unspecified atom stereocenters. The minimum absolute atomic E-state index is 0.0324. The number of aliphatic carboxylic acids is 1. The molecule has 2 N–H and O–H groups in total. The van der Waals surface area contributed by atoms with Crippen LogP contribution in [-0.4, -0.2) is 25.5 Å². The fourth-order valence-corrected chi connectivity index (χ4v) is 5.62. The summed E-state index contributed by atoms with van der Waals surface area (Å²) in [4.78, 5) is 12.5. The molecule has 0 radical (unpaired) electrons. The van der Waals surface area contributed by atoms with E-state index in [4.69, 9.17) is 4.42 Å². The van der Waals surface area contributed by atoms with E-state index in [0.717, 1.165) is 21.2 Å². The number of rotatable bonds is 6. The summed E-state index contributed by atoms with van der Waals surface area (Å²) in [6, 6.07) is 11.4. The maximum absolute atomic E-state index is 12.7. The molecule has 0 saturated carbocycles. The van der Waals surface area contributed by atoms with Gasteiger partial charge in [0.1, 0.15) is 17.2 Å². The van der Waals surface area contributed by atoms with Crippen LogP contribution in [0, 0.1) is 12.8 Å². The Morgan fingerprint density at radius 2 is 1.83 bits per heavy atom. The van der Waals surface area contributed by atoms with Crippen LogP contribution in [0.4, 0.5) is 0 Å². The Morgan fingerprint density at radius 1 is 1.07 bits per heavy atom. The van der Waals surface area contributed by atoms with Gasteiger partial charge >= 0.3 is 5.97 Å². The van der Waals surface area contributed by atoms with Gasteiger partial charge in [0.2, 0.25) is 10.0 Å².